The Morgan fingerprint density at radius 2 is 1.89 bits per heavy atom. The minimum Gasteiger partial charge on any atom is -0.497 e. The normalized spacial score (nSPS) is 23.4. The van der Waals surface area contributed by atoms with Crippen LogP contribution in [-0.2, 0) is 0 Å². The average molecular weight is 382 g/mol. The molecule has 0 aromatic heterocycles. The minimum atomic E-state index is -0.223. The number of fused-ring (bicyclic) bond motifs is 1. The van der Waals surface area contributed by atoms with Crippen molar-refractivity contribution in [1.82, 2.24) is 4.90 Å². The Bertz CT molecular complexity index is 865. The summed E-state index contributed by atoms with van der Waals surface area (Å²) in [5, 5.41) is 0. The van der Waals surface area contributed by atoms with E-state index in [1.807, 2.05) is 35.2 Å². The molecule has 2 heterocycles. The van der Waals surface area contributed by atoms with Gasteiger partial charge >= 0.3 is 0 Å². The molecule has 0 spiro atoms. The number of halogens is 1. The van der Waals surface area contributed by atoms with Crippen molar-refractivity contribution >= 4 is 11.6 Å². The Hall–Kier alpha value is -2.56. The first-order valence-corrected chi connectivity index (χ1v) is 9.91. The van der Waals surface area contributed by atoms with Crippen molar-refractivity contribution in [1.29, 1.82) is 0 Å². The predicted molar refractivity (Wildman–Crippen MR) is 108 cm³/mol. The van der Waals surface area contributed by atoms with Crippen molar-refractivity contribution in [3.63, 3.8) is 0 Å². The van der Waals surface area contributed by atoms with Gasteiger partial charge in [0.25, 0.3) is 5.91 Å². The van der Waals surface area contributed by atoms with Crippen molar-refractivity contribution in [3.05, 3.63) is 59.9 Å². The van der Waals surface area contributed by atoms with Gasteiger partial charge in [0, 0.05) is 23.3 Å². The molecule has 0 aliphatic carbocycles. The maximum atomic E-state index is 13.9. The van der Waals surface area contributed by atoms with E-state index in [0.29, 0.717) is 5.56 Å². The minimum absolute atomic E-state index is 0.0641. The topological polar surface area (TPSA) is 32.8 Å². The third-order valence-electron chi connectivity index (χ3n) is 6.12. The maximum absolute atomic E-state index is 13.9. The lowest BCUT2D eigenvalue weighted by molar-refractivity contribution is 0.0605. The molecule has 5 heteroatoms. The monoisotopic (exact) mass is 382 g/mol. The van der Waals surface area contributed by atoms with Crippen LogP contribution in [0.25, 0.3) is 0 Å². The van der Waals surface area contributed by atoms with Crippen molar-refractivity contribution < 1.29 is 13.9 Å². The summed E-state index contributed by atoms with van der Waals surface area (Å²) >= 11 is 0. The number of benzene rings is 2. The number of rotatable bonds is 3. The molecule has 2 aliphatic rings. The van der Waals surface area contributed by atoms with E-state index in [4.69, 9.17) is 4.74 Å². The molecule has 1 amide bonds. The summed E-state index contributed by atoms with van der Waals surface area (Å²) in [6, 6.07) is 14.4. The van der Waals surface area contributed by atoms with Gasteiger partial charge in [0.05, 0.1) is 19.2 Å². The molecule has 0 radical (unpaired) electrons. The van der Waals surface area contributed by atoms with Crippen molar-refractivity contribution in [2.45, 2.75) is 50.7 Å². The van der Waals surface area contributed by atoms with Crippen LogP contribution in [0.15, 0.2) is 48.5 Å². The lowest BCUT2D eigenvalue weighted by Gasteiger charge is -2.42. The van der Waals surface area contributed by atoms with Gasteiger partial charge in [-0.15, -0.1) is 0 Å². The number of anilines is 1. The van der Waals surface area contributed by atoms with Gasteiger partial charge in [-0.25, -0.2) is 4.39 Å². The van der Waals surface area contributed by atoms with E-state index >= 15 is 0 Å². The van der Waals surface area contributed by atoms with Crippen LogP contribution in [0.5, 0.6) is 5.75 Å². The highest BCUT2D eigenvalue weighted by Crippen LogP contribution is 2.44. The molecule has 148 valence electrons. The zero-order chi connectivity index (χ0) is 19.9. The van der Waals surface area contributed by atoms with Crippen LogP contribution in [0.1, 0.15) is 43.5 Å². The number of nitrogens with zero attached hydrogens (tertiary/aromatic N) is 2. The highest BCUT2D eigenvalue weighted by Gasteiger charge is 2.50. The van der Waals surface area contributed by atoms with Gasteiger partial charge in [-0.05, 0) is 75.6 Å². The molecule has 2 aromatic rings. The lowest BCUT2D eigenvalue weighted by atomic mass is 9.93. The van der Waals surface area contributed by atoms with Gasteiger partial charge in [0.15, 0.2) is 0 Å². The Morgan fingerprint density at radius 1 is 1.14 bits per heavy atom. The lowest BCUT2D eigenvalue weighted by Crippen LogP contribution is -2.52. The van der Waals surface area contributed by atoms with E-state index in [1.165, 1.54) is 6.07 Å². The molecule has 2 saturated heterocycles. The zero-order valence-corrected chi connectivity index (χ0v) is 16.7. The van der Waals surface area contributed by atoms with E-state index in [1.54, 1.807) is 19.2 Å². The van der Waals surface area contributed by atoms with E-state index in [-0.39, 0.29) is 29.3 Å². The zero-order valence-electron chi connectivity index (χ0n) is 16.7. The summed E-state index contributed by atoms with van der Waals surface area (Å²) < 4.78 is 19.1. The number of hydrogen-bond acceptors (Lipinski definition) is 3. The summed E-state index contributed by atoms with van der Waals surface area (Å²) in [7, 11) is 1.62. The third kappa shape index (κ3) is 3.23. The molecular formula is C23H27FN2O2. The van der Waals surface area contributed by atoms with Gasteiger partial charge in [-0.3, -0.25) is 4.79 Å². The van der Waals surface area contributed by atoms with E-state index in [0.717, 1.165) is 37.2 Å². The van der Waals surface area contributed by atoms with Gasteiger partial charge in [0.2, 0.25) is 0 Å². The fourth-order valence-electron chi connectivity index (χ4n) is 4.96. The Balaban J connectivity index is 1.63. The summed E-state index contributed by atoms with van der Waals surface area (Å²) in [5.74, 6) is 0.584. The summed E-state index contributed by atoms with van der Waals surface area (Å²) in [6.45, 7) is 5.14. The van der Waals surface area contributed by atoms with Gasteiger partial charge in [-0.1, -0.05) is 6.07 Å². The molecule has 28 heavy (non-hydrogen) atoms. The second-order valence-corrected chi connectivity index (χ2v) is 8.37. The third-order valence-corrected chi connectivity index (χ3v) is 6.12. The second kappa shape index (κ2) is 7.12. The molecule has 4 rings (SSSR count). The largest absolute Gasteiger partial charge is 0.497 e. The van der Waals surface area contributed by atoms with Crippen LogP contribution >= 0.6 is 0 Å². The second-order valence-electron chi connectivity index (χ2n) is 8.37. The number of piperidine rings is 1. The van der Waals surface area contributed by atoms with E-state index in [9.17, 15) is 9.18 Å². The molecule has 2 aliphatic heterocycles. The molecule has 0 bridgehead atoms. The maximum Gasteiger partial charge on any atom is 0.254 e. The van der Waals surface area contributed by atoms with Crippen LogP contribution in [0.2, 0.25) is 0 Å². The molecule has 2 fully saturated rings. The number of likely N-dealkylation sites (tertiary alicyclic amines) is 1. The smallest absolute Gasteiger partial charge is 0.254 e. The summed E-state index contributed by atoms with van der Waals surface area (Å²) in [6.07, 6.45) is 2.83. The van der Waals surface area contributed by atoms with Crippen molar-refractivity contribution in [2.24, 2.45) is 0 Å². The number of carbonyl (C=O) groups is 1. The van der Waals surface area contributed by atoms with Crippen LogP contribution in [-0.4, -0.2) is 42.1 Å². The number of hydrogen-bond donors (Lipinski definition) is 0. The molecular weight excluding hydrogens is 355 g/mol. The van der Waals surface area contributed by atoms with Crippen LogP contribution in [0.4, 0.5) is 10.1 Å². The van der Waals surface area contributed by atoms with Gasteiger partial charge < -0.3 is 14.5 Å². The molecule has 0 N–H and O–H groups in total. The standard InChI is InChI=1S/C23H27FN2O2/c1-23(2)15-21-20(26(23)18-7-4-6-17(24)14-18)8-5-13-25(21)22(27)16-9-11-19(28-3)12-10-16/h4,6-7,9-12,14,20-21H,5,8,13,15H2,1-3H3/t20-,21-/m0/s1. The van der Waals surface area contributed by atoms with Gasteiger partial charge in [0.1, 0.15) is 11.6 Å². The van der Waals surface area contributed by atoms with Gasteiger partial charge in [-0.2, -0.15) is 0 Å². The first kappa shape index (κ1) is 18.8. The molecule has 0 saturated carbocycles. The predicted octanol–water partition coefficient (Wildman–Crippen LogP) is 4.50. The Kier molecular flexibility index (Phi) is 4.77. The van der Waals surface area contributed by atoms with E-state index in [2.05, 4.69) is 18.7 Å². The molecule has 4 nitrogen and oxygen atoms in total. The molecule has 0 unspecified atom stereocenters. The highest BCUT2D eigenvalue weighted by molar-refractivity contribution is 5.94. The van der Waals surface area contributed by atoms with Crippen molar-refractivity contribution in [3.8, 4) is 5.75 Å². The summed E-state index contributed by atoms with van der Waals surface area (Å²) in [4.78, 5) is 17.6. The number of methoxy groups -OCH3 is 1. The van der Waals surface area contributed by atoms with E-state index < -0.39 is 0 Å². The first-order valence-electron chi connectivity index (χ1n) is 9.91. The van der Waals surface area contributed by atoms with Crippen molar-refractivity contribution in [2.75, 3.05) is 18.6 Å². The molecule has 2 aromatic carbocycles. The Morgan fingerprint density at radius 3 is 2.57 bits per heavy atom. The average Bonchev–Trinajstić information content (AvgIpc) is 2.97. The number of amides is 1. The quantitative estimate of drug-likeness (QED) is 0.784. The van der Waals surface area contributed by atoms with Crippen LogP contribution in [0.3, 0.4) is 0 Å². The first-order chi connectivity index (χ1) is 13.4. The van der Waals surface area contributed by atoms with Crippen LogP contribution < -0.4 is 9.64 Å². The molecule has 2 atom stereocenters. The summed E-state index contributed by atoms with van der Waals surface area (Å²) in [5.41, 5.74) is 1.44. The van der Waals surface area contributed by atoms with Crippen LogP contribution in [0, 0.1) is 5.82 Å². The number of ether oxygens (including phenoxy) is 1. The fraction of sp³-hybridized carbons (Fsp3) is 0.435. The Labute approximate surface area is 165 Å². The number of carbonyl (C=O) groups excluding carboxylic acids is 1. The fourth-order valence-corrected chi connectivity index (χ4v) is 4.96. The highest BCUT2D eigenvalue weighted by atomic mass is 19.1. The SMILES string of the molecule is COc1ccc(C(=O)N2CCC[C@H]3[C@@H]2CC(C)(C)N3c2cccc(F)c2)cc1.